The number of allylic oxidation sites excluding steroid dienone is 1. The number of amides is 1. The molecule has 0 fully saturated rings. The molecule has 0 saturated heterocycles. The summed E-state index contributed by atoms with van der Waals surface area (Å²) in [6, 6.07) is 13.3. The average molecular weight is 387 g/mol. The molecule has 0 spiro atoms. The normalized spacial score (nSPS) is 10.9. The number of ether oxygens (including phenoxy) is 2. The molecule has 2 aromatic rings. The van der Waals surface area contributed by atoms with Crippen molar-refractivity contribution in [1.82, 2.24) is 0 Å². The molecule has 0 bridgehead atoms. The molecule has 0 unspecified atom stereocenters. The third-order valence-electron chi connectivity index (χ3n) is 3.62. The number of hydrogen-bond acceptors (Lipinski definition) is 5. The first kappa shape index (κ1) is 20.7. The molecule has 0 aliphatic carbocycles. The maximum absolute atomic E-state index is 12.4. The number of nitrogens with one attached hydrogen (secondary N) is 2. The Labute approximate surface area is 161 Å². The molecule has 146 valence electrons. The molecule has 2 aromatic carbocycles. The molecule has 8 heteroatoms. The highest BCUT2D eigenvalue weighted by molar-refractivity contribution is 5.95. The summed E-state index contributed by atoms with van der Waals surface area (Å²) in [5.41, 5.74) is 2.48. The standard InChI is InChI=1S/C20H19F2N3O3/c1-3-27-20(26)25-15-6-4-5-13(10-15)9-14(12-23)17-8-7-16(28-19(21)22)11-18(17)24-2/h4-11,19,24H,3H2,1-2H3,(H,25,26)/b14-9+. The average Bonchev–Trinajstić information content (AvgIpc) is 2.66. The Morgan fingerprint density at radius 2 is 2.07 bits per heavy atom. The highest BCUT2D eigenvalue weighted by Gasteiger charge is 2.11. The van der Waals surface area contributed by atoms with Crippen molar-refractivity contribution < 1.29 is 23.0 Å². The maximum Gasteiger partial charge on any atom is 0.411 e. The van der Waals surface area contributed by atoms with Crippen LogP contribution in [0.1, 0.15) is 18.1 Å². The number of halogens is 2. The largest absolute Gasteiger partial charge is 0.450 e. The molecule has 6 nitrogen and oxygen atoms in total. The van der Waals surface area contributed by atoms with E-state index >= 15 is 0 Å². The number of alkyl halides is 2. The lowest BCUT2D eigenvalue weighted by atomic mass is 10.0. The van der Waals surface area contributed by atoms with Gasteiger partial charge < -0.3 is 14.8 Å². The Morgan fingerprint density at radius 3 is 2.71 bits per heavy atom. The van der Waals surface area contributed by atoms with E-state index in [9.17, 15) is 18.8 Å². The highest BCUT2D eigenvalue weighted by Crippen LogP contribution is 2.30. The molecule has 0 atom stereocenters. The van der Waals surface area contributed by atoms with E-state index in [-0.39, 0.29) is 12.4 Å². The first-order valence-corrected chi connectivity index (χ1v) is 8.39. The van der Waals surface area contributed by atoms with Crippen LogP contribution in [-0.2, 0) is 4.74 Å². The van der Waals surface area contributed by atoms with Crippen molar-refractivity contribution >= 4 is 29.1 Å². The molecule has 0 aliphatic rings. The van der Waals surface area contributed by atoms with Crippen LogP contribution < -0.4 is 15.4 Å². The van der Waals surface area contributed by atoms with Crippen LogP contribution >= 0.6 is 0 Å². The SMILES string of the molecule is CCOC(=O)Nc1cccc(/C=C(\C#N)c2ccc(OC(F)F)cc2NC)c1. The number of nitriles is 1. The van der Waals surface area contributed by atoms with Crippen molar-refractivity contribution in [1.29, 1.82) is 5.26 Å². The zero-order valence-electron chi connectivity index (χ0n) is 15.3. The zero-order valence-corrected chi connectivity index (χ0v) is 15.3. The van der Waals surface area contributed by atoms with Crippen LogP contribution in [-0.4, -0.2) is 26.4 Å². The Morgan fingerprint density at radius 1 is 1.29 bits per heavy atom. The minimum atomic E-state index is -2.93. The number of benzene rings is 2. The van der Waals surface area contributed by atoms with Crippen molar-refractivity contribution in [2.45, 2.75) is 13.5 Å². The number of nitrogens with zero attached hydrogens (tertiary/aromatic N) is 1. The van der Waals surface area contributed by atoms with Crippen molar-refractivity contribution in [2.75, 3.05) is 24.3 Å². The summed E-state index contributed by atoms with van der Waals surface area (Å²) in [6.45, 7) is -0.979. The summed E-state index contributed by atoms with van der Waals surface area (Å²) in [6.07, 6.45) is 1.05. The first-order chi connectivity index (χ1) is 13.5. The number of hydrogen-bond donors (Lipinski definition) is 2. The van der Waals surface area contributed by atoms with Gasteiger partial charge in [-0.15, -0.1) is 0 Å². The fourth-order valence-corrected chi connectivity index (χ4v) is 2.47. The number of carbonyl (C=O) groups is 1. The van der Waals surface area contributed by atoms with Gasteiger partial charge in [-0.25, -0.2) is 4.79 Å². The molecule has 0 saturated carbocycles. The van der Waals surface area contributed by atoms with Gasteiger partial charge >= 0.3 is 12.7 Å². The summed E-state index contributed by atoms with van der Waals surface area (Å²) in [7, 11) is 1.61. The van der Waals surface area contributed by atoms with E-state index in [1.54, 1.807) is 44.3 Å². The van der Waals surface area contributed by atoms with Gasteiger partial charge in [-0.05, 0) is 42.8 Å². The second-order valence-corrected chi connectivity index (χ2v) is 5.48. The van der Waals surface area contributed by atoms with Gasteiger partial charge in [-0.1, -0.05) is 12.1 Å². The number of anilines is 2. The smallest absolute Gasteiger partial charge is 0.411 e. The maximum atomic E-state index is 12.4. The quantitative estimate of drug-likeness (QED) is 0.518. The molecule has 0 radical (unpaired) electrons. The fourth-order valence-electron chi connectivity index (χ4n) is 2.47. The second-order valence-electron chi connectivity index (χ2n) is 5.48. The molecular formula is C20H19F2N3O3. The van der Waals surface area contributed by atoms with Crippen molar-refractivity contribution in [3.63, 3.8) is 0 Å². The number of carbonyl (C=O) groups excluding carboxylic acids is 1. The Balaban J connectivity index is 2.34. The lowest BCUT2D eigenvalue weighted by Crippen LogP contribution is -2.13. The Kier molecular flexibility index (Phi) is 7.34. The predicted molar refractivity (Wildman–Crippen MR) is 103 cm³/mol. The van der Waals surface area contributed by atoms with Crippen molar-refractivity contribution in [3.8, 4) is 11.8 Å². The van der Waals surface area contributed by atoms with Gasteiger partial charge in [-0.2, -0.15) is 14.0 Å². The minimum absolute atomic E-state index is 0.0129. The van der Waals surface area contributed by atoms with E-state index < -0.39 is 12.7 Å². The van der Waals surface area contributed by atoms with E-state index in [1.807, 2.05) is 0 Å². The molecule has 1 amide bonds. The van der Waals surface area contributed by atoms with E-state index in [0.717, 1.165) is 0 Å². The van der Waals surface area contributed by atoms with Gasteiger partial charge in [0.2, 0.25) is 0 Å². The van der Waals surface area contributed by atoms with Gasteiger partial charge in [0.1, 0.15) is 5.75 Å². The second kappa shape index (κ2) is 9.92. The third-order valence-corrected chi connectivity index (χ3v) is 3.62. The van der Waals surface area contributed by atoms with E-state index in [0.29, 0.717) is 28.1 Å². The first-order valence-electron chi connectivity index (χ1n) is 8.39. The van der Waals surface area contributed by atoms with Gasteiger partial charge in [0.25, 0.3) is 0 Å². The Hall–Kier alpha value is -3.60. The van der Waals surface area contributed by atoms with Gasteiger partial charge in [-0.3, -0.25) is 5.32 Å². The van der Waals surface area contributed by atoms with Crippen LogP contribution in [0.15, 0.2) is 42.5 Å². The zero-order chi connectivity index (χ0) is 20.5. The summed E-state index contributed by atoms with van der Waals surface area (Å²) in [4.78, 5) is 11.5. The molecule has 2 N–H and O–H groups in total. The van der Waals surface area contributed by atoms with E-state index in [2.05, 4.69) is 21.4 Å². The van der Waals surface area contributed by atoms with E-state index in [1.165, 1.54) is 18.2 Å². The number of rotatable bonds is 7. The summed E-state index contributed by atoms with van der Waals surface area (Å²) in [5.74, 6) is -0.0129. The topological polar surface area (TPSA) is 83.4 Å². The van der Waals surface area contributed by atoms with Crippen LogP contribution in [0.4, 0.5) is 25.0 Å². The molecule has 0 aromatic heterocycles. The van der Waals surface area contributed by atoms with E-state index in [4.69, 9.17) is 4.74 Å². The summed E-state index contributed by atoms with van der Waals surface area (Å²) < 4.78 is 34.0. The van der Waals surface area contributed by atoms with Gasteiger partial charge in [0.15, 0.2) is 0 Å². The minimum Gasteiger partial charge on any atom is -0.450 e. The van der Waals surface area contributed by atoms with Crippen LogP contribution in [0.5, 0.6) is 5.75 Å². The predicted octanol–water partition coefficient (Wildman–Crippen LogP) is 4.96. The van der Waals surface area contributed by atoms with Gasteiger partial charge in [0, 0.05) is 30.1 Å². The third kappa shape index (κ3) is 5.71. The molecule has 0 aliphatic heterocycles. The summed E-state index contributed by atoms with van der Waals surface area (Å²) >= 11 is 0. The van der Waals surface area contributed by atoms with Crippen LogP contribution in [0.2, 0.25) is 0 Å². The summed E-state index contributed by atoms with van der Waals surface area (Å²) in [5, 5.41) is 15.0. The van der Waals surface area contributed by atoms with Crippen LogP contribution in [0.3, 0.4) is 0 Å². The van der Waals surface area contributed by atoms with Crippen LogP contribution in [0, 0.1) is 11.3 Å². The van der Waals surface area contributed by atoms with Crippen molar-refractivity contribution in [3.05, 3.63) is 53.6 Å². The molecule has 0 heterocycles. The molecule has 28 heavy (non-hydrogen) atoms. The lowest BCUT2D eigenvalue weighted by molar-refractivity contribution is -0.0498. The lowest BCUT2D eigenvalue weighted by Gasteiger charge is -2.12. The van der Waals surface area contributed by atoms with Gasteiger partial charge in [0.05, 0.1) is 18.2 Å². The molecular weight excluding hydrogens is 368 g/mol. The van der Waals surface area contributed by atoms with Crippen molar-refractivity contribution in [2.24, 2.45) is 0 Å². The highest BCUT2D eigenvalue weighted by atomic mass is 19.3. The van der Waals surface area contributed by atoms with Crippen LogP contribution in [0.25, 0.3) is 11.6 Å². The fraction of sp³-hybridized carbons (Fsp3) is 0.200. The Bertz CT molecular complexity index is 908. The molecule has 2 rings (SSSR count). The monoisotopic (exact) mass is 387 g/mol.